The Bertz CT molecular complexity index is 154. The first-order valence-corrected chi connectivity index (χ1v) is 5.25. The maximum absolute atomic E-state index is 9.30. The van der Waals surface area contributed by atoms with E-state index >= 15 is 0 Å². The topological polar surface area (TPSA) is 49.7 Å². The number of hydrogen-bond donors (Lipinski definition) is 2. The zero-order valence-electron chi connectivity index (χ0n) is 7.85. The van der Waals surface area contributed by atoms with Gasteiger partial charge >= 0.3 is 0 Å². The van der Waals surface area contributed by atoms with Crippen molar-refractivity contribution < 1.29 is 14.9 Å². The Balaban J connectivity index is 1.72. The predicted molar refractivity (Wildman–Crippen MR) is 48.4 cm³/mol. The molecule has 4 atom stereocenters. The summed E-state index contributed by atoms with van der Waals surface area (Å²) in [7, 11) is 0. The van der Waals surface area contributed by atoms with Gasteiger partial charge in [-0.15, -0.1) is 0 Å². The van der Waals surface area contributed by atoms with Gasteiger partial charge in [-0.05, 0) is 38.5 Å². The van der Waals surface area contributed by atoms with E-state index in [-0.39, 0.29) is 24.4 Å². The quantitative estimate of drug-likeness (QED) is 0.671. The number of aliphatic hydroxyl groups is 2. The van der Waals surface area contributed by atoms with Crippen molar-refractivity contribution in [2.24, 2.45) is 0 Å². The lowest BCUT2D eigenvalue weighted by Crippen LogP contribution is -2.19. The third kappa shape index (κ3) is 2.42. The molecule has 0 aromatic rings. The summed E-state index contributed by atoms with van der Waals surface area (Å²) in [5.74, 6) is 0. The molecule has 2 aliphatic rings. The third-order valence-electron chi connectivity index (χ3n) is 3.10. The average Bonchev–Trinajstić information content (AvgIpc) is 2.62. The summed E-state index contributed by atoms with van der Waals surface area (Å²) in [6.07, 6.45) is 5.45. The Morgan fingerprint density at radius 1 is 0.769 bits per heavy atom. The van der Waals surface area contributed by atoms with Crippen LogP contribution in [0.4, 0.5) is 0 Å². The Morgan fingerprint density at radius 3 is 1.54 bits per heavy atom. The van der Waals surface area contributed by atoms with Gasteiger partial charge in [0.25, 0.3) is 0 Å². The lowest BCUT2D eigenvalue weighted by molar-refractivity contribution is -0.0153. The molecule has 2 fully saturated rings. The molecule has 0 spiro atoms. The van der Waals surface area contributed by atoms with Gasteiger partial charge in [-0.1, -0.05) is 0 Å². The highest BCUT2D eigenvalue weighted by Crippen LogP contribution is 2.28. The van der Waals surface area contributed by atoms with E-state index < -0.39 is 0 Å². The minimum atomic E-state index is -0.156. The van der Waals surface area contributed by atoms with Crippen LogP contribution in [0.15, 0.2) is 0 Å². The molecule has 13 heavy (non-hydrogen) atoms. The molecule has 0 aromatic heterocycles. The van der Waals surface area contributed by atoms with Crippen LogP contribution >= 0.6 is 0 Å². The van der Waals surface area contributed by atoms with Gasteiger partial charge in [-0.25, -0.2) is 0 Å². The fourth-order valence-electron chi connectivity index (χ4n) is 2.35. The van der Waals surface area contributed by atoms with Crippen LogP contribution in [0.25, 0.3) is 0 Å². The summed E-state index contributed by atoms with van der Waals surface area (Å²) in [5, 5.41) is 18.6. The maximum atomic E-state index is 9.30. The van der Waals surface area contributed by atoms with Crippen molar-refractivity contribution >= 4 is 0 Å². The van der Waals surface area contributed by atoms with Gasteiger partial charge in [0.2, 0.25) is 0 Å². The SMILES string of the molecule is OC1CCC(OC2CCC(O)C2)C1. The molecule has 3 nitrogen and oxygen atoms in total. The van der Waals surface area contributed by atoms with E-state index in [1.807, 2.05) is 0 Å². The van der Waals surface area contributed by atoms with Gasteiger partial charge in [-0.2, -0.15) is 0 Å². The smallest absolute Gasteiger partial charge is 0.0604 e. The normalized spacial score (nSPS) is 45.7. The Hall–Kier alpha value is -0.120. The van der Waals surface area contributed by atoms with Gasteiger partial charge in [0.1, 0.15) is 0 Å². The maximum Gasteiger partial charge on any atom is 0.0604 e. The van der Waals surface area contributed by atoms with E-state index in [1.54, 1.807) is 0 Å². The molecule has 4 unspecified atom stereocenters. The first kappa shape index (κ1) is 9.44. The fraction of sp³-hybridized carbons (Fsp3) is 1.00. The van der Waals surface area contributed by atoms with Crippen LogP contribution in [-0.4, -0.2) is 34.6 Å². The second-order valence-electron chi connectivity index (χ2n) is 4.31. The van der Waals surface area contributed by atoms with Crippen LogP contribution in [0.2, 0.25) is 0 Å². The molecular weight excluding hydrogens is 168 g/mol. The van der Waals surface area contributed by atoms with E-state index in [4.69, 9.17) is 4.74 Å². The van der Waals surface area contributed by atoms with Crippen LogP contribution in [0.1, 0.15) is 38.5 Å². The second-order valence-corrected chi connectivity index (χ2v) is 4.31. The molecule has 0 radical (unpaired) electrons. The van der Waals surface area contributed by atoms with Crippen molar-refractivity contribution in [3.8, 4) is 0 Å². The molecule has 0 aliphatic heterocycles. The van der Waals surface area contributed by atoms with Crippen molar-refractivity contribution in [2.45, 2.75) is 62.9 Å². The summed E-state index contributed by atoms with van der Waals surface area (Å²) in [6.45, 7) is 0. The Labute approximate surface area is 78.7 Å². The zero-order chi connectivity index (χ0) is 9.26. The highest BCUT2D eigenvalue weighted by atomic mass is 16.5. The summed E-state index contributed by atoms with van der Waals surface area (Å²) < 4.78 is 5.79. The molecule has 0 aromatic carbocycles. The highest BCUT2D eigenvalue weighted by Gasteiger charge is 2.29. The largest absolute Gasteiger partial charge is 0.393 e. The fourth-order valence-corrected chi connectivity index (χ4v) is 2.35. The number of hydrogen-bond acceptors (Lipinski definition) is 3. The van der Waals surface area contributed by atoms with E-state index in [2.05, 4.69) is 0 Å². The molecule has 2 rings (SSSR count). The lowest BCUT2D eigenvalue weighted by Gasteiger charge is -2.17. The van der Waals surface area contributed by atoms with E-state index in [0.29, 0.717) is 0 Å². The minimum absolute atomic E-state index is 0.156. The highest BCUT2D eigenvalue weighted by molar-refractivity contribution is 4.80. The molecule has 0 saturated heterocycles. The Morgan fingerprint density at radius 2 is 1.23 bits per heavy atom. The van der Waals surface area contributed by atoms with Crippen molar-refractivity contribution in [3.05, 3.63) is 0 Å². The van der Waals surface area contributed by atoms with Gasteiger partial charge in [0, 0.05) is 0 Å². The zero-order valence-corrected chi connectivity index (χ0v) is 7.85. The molecule has 0 heterocycles. The summed E-state index contributed by atoms with van der Waals surface area (Å²) in [4.78, 5) is 0. The van der Waals surface area contributed by atoms with Crippen molar-refractivity contribution in [3.63, 3.8) is 0 Å². The van der Waals surface area contributed by atoms with Gasteiger partial charge in [-0.3, -0.25) is 0 Å². The van der Waals surface area contributed by atoms with Crippen molar-refractivity contribution in [1.82, 2.24) is 0 Å². The van der Waals surface area contributed by atoms with Crippen molar-refractivity contribution in [2.75, 3.05) is 0 Å². The molecule has 0 bridgehead atoms. The van der Waals surface area contributed by atoms with Crippen LogP contribution in [0.5, 0.6) is 0 Å². The van der Waals surface area contributed by atoms with E-state index in [9.17, 15) is 10.2 Å². The van der Waals surface area contributed by atoms with Crippen LogP contribution in [0.3, 0.4) is 0 Å². The molecular formula is C10H18O3. The molecule has 2 saturated carbocycles. The van der Waals surface area contributed by atoms with Crippen molar-refractivity contribution in [1.29, 1.82) is 0 Å². The van der Waals surface area contributed by atoms with Gasteiger partial charge in [0.05, 0.1) is 24.4 Å². The van der Waals surface area contributed by atoms with Gasteiger partial charge in [0.15, 0.2) is 0 Å². The summed E-state index contributed by atoms with van der Waals surface area (Å²) >= 11 is 0. The first-order valence-electron chi connectivity index (χ1n) is 5.25. The monoisotopic (exact) mass is 186 g/mol. The number of ether oxygens (including phenoxy) is 1. The van der Waals surface area contributed by atoms with Crippen LogP contribution in [0, 0.1) is 0 Å². The summed E-state index contributed by atoms with van der Waals surface area (Å²) in [6, 6.07) is 0. The molecule has 2 aliphatic carbocycles. The van der Waals surface area contributed by atoms with Crippen LogP contribution in [-0.2, 0) is 4.74 Å². The molecule has 76 valence electrons. The standard InChI is InChI=1S/C10H18O3/c11-7-1-3-9(5-7)13-10-4-2-8(12)6-10/h7-12H,1-6H2. The Kier molecular flexibility index (Phi) is 2.86. The van der Waals surface area contributed by atoms with Gasteiger partial charge < -0.3 is 14.9 Å². The average molecular weight is 186 g/mol. The van der Waals surface area contributed by atoms with Crippen LogP contribution < -0.4 is 0 Å². The molecule has 2 N–H and O–H groups in total. The van der Waals surface area contributed by atoms with E-state index in [0.717, 1.165) is 38.5 Å². The molecule has 0 amide bonds. The number of rotatable bonds is 2. The minimum Gasteiger partial charge on any atom is -0.393 e. The van der Waals surface area contributed by atoms with E-state index in [1.165, 1.54) is 0 Å². The first-order chi connectivity index (χ1) is 6.24. The molecule has 3 heteroatoms. The third-order valence-corrected chi connectivity index (χ3v) is 3.10. The summed E-state index contributed by atoms with van der Waals surface area (Å²) in [5.41, 5.74) is 0. The lowest BCUT2D eigenvalue weighted by atomic mass is 10.2. The number of aliphatic hydroxyl groups excluding tert-OH is 2. The predicted octanol–water partition coefficient (Wildman–Crippen LogP) is 0.830. The second kappa shape index (κ2) is 3.95.